The number of nitrogens with two attached hydrogens (primary N) is 1. The number of hydrogen-bond donors (Lipinski definition) is 1. The Hall–Kier alpha value is -1.29. The van der Waals surface area contributed by atoms with Crippen molar-refractivity contribution in [2.24, 2.45) is 5.73 Å². The van der Waals surface area contributed by atoms with Gasteiger partial charge in [0.15, 0.2) is 0 Å². The number of hydrogen-bond acceptors (Lipinski definition) is 3. The van der Waals surface area contributed by atoms with Crippen LogP contribution in [0.25, 0.3) is 0 Å². The molecule has 0 spiro atoms. The first-order valence-corrected chi connectivity index (χ1v) is 6.30. The van der Waals surface area contributed by atoms with Crippen LogP contribution in [0.15, 0.2) is 22.8 Å². The van der Waals surface area contributed by atoms with Crippen LogP contribution >= 0.6 is 0 Å². The van der Waals surface area contributed by atoms with Crippen LogP contribution in [0.2, 0.25) is 0 Å². The summed E-state index contributed by atoms with van der Waals surface area (Å²) in [6.07, 6.45) is 5.50. The molecule has 0 unspecified atom stereocenters. The fraction of sp³-hybridized carbons (Fsp3) is 0.615. The van der Waals surface area contributed by atoms with Gasteiger partial charge in [-0.15, -0.1) is 0 Å². The van der Waals surface area contributed by atoms with E-state index in [9.17, 15) is 4.79 Å². The summed E-state index contributed by atoms with van der Waals surface area (Å²) < 4.78 is 5.30. The number of nitrogens with zero attached hydrogens (tertiary/aromatic N) is 1. The Balaban J connectivity index is 1.99. The summed E-state index contributed by atoms with van der Waals surface area (Å²) in [5, 5.41) is 0. The zero-order chi connectivity index (χ0) is 12.3. The fourth-order valence-electron chi connectivity index (χ4n) is 1.99. The zero-order valence-corrected chi connectivity index (χ0v) is 10.3. The van der Waals surface area contributed by atoms with E-state index in [1.165, 1.54) is 0 Å². The number of carbonyl (C=O) groups excluding carboxylic acids is 1. The van der Waals surface area contributed by atoms with Crippen molar-refractivity contribution >= 4 is 5.91 Å². The van der Waals surface area contributed by atoms with Crippen LogP contribution in [-0.4, -0.2) is 22.9 Å². The molecular weight excluding hydrogens is 216 g/mol. The highest BCUT2D eigenvalue weighted by Gasteiger charge is 2.34. The highest BCUT2D eigenvalue weighted by Crippen LogP contribution is 2.29. The van der Waals surface area contributed by atoms with E-state index in [4.69, 9.17) is 10.2 Å². The molecule has 0 radical (unpaired) electrons. The van der Waals surface area contributed by atoms with Crippen molar-refractivity contribution in [3.8, 4) is 0 Å². The van der Waals surface area contributed by atoms with Gasteiger partial charge in [-0.25, -0.2) is 0 Å². The van der Waals surface area contributed by atoms with Crippen molar-refractivity contribution in [1.29, 1.82) is 0 Å². The Morgan fingerprint density at radius 2 is 2.41 bits per heavy atom. The molecule has 1 heterocycles. The van der Waals surface area contributed by atoms with E-state index in [-0.39, 0.29) is 11.9 Å². The van der Waals surface area contributed by atoms with Gasteiger partial charge >= 0.3 is 0 Å². The Kier molecular flexibility index (Phi) is 3.84. The topological polar surface area (TPSA) is 59.5 Å². The molecule has 0 saturated heterocycles. The average molecular weight is 236 g/mol. The number of rotatable bonds is 6. The fourth-order valence-corrected chi connectivity index (χ4v) is 1.99. The molecule has 94 valence electrons. The summed E-state index contributed by atoms with van der Waals surface area (Å²) in [5.74, 6) is 0.889. The molecule has 2 N–H and O–H groups in total. The second kappa shape index (κ2) is 5.36. The van der Waals surface area contributed by atoms with Gasteiger partial charge in [-0.1, -0.05) is 13.3 Å². The molecule has 0 bridgehead atoms. The third-order valence-corrected chi connectivity index (χ3v) is 3.09. The number of furan rings is 1. The third kappa shape index (κ3) is 3.09. The van der Waals surface area contributed by atoms with E-state index in [2.05, 4.69) is 0 Å². The van der Waals surface area contributed by atoms with Crippen LogP contribution in [0.4, 0.5) is 0 Å². The van der Waals surface area contributed by atoms with E-state index < -0.39 is 0 Å². The lowest BCUT2D eigenvalue weighted by atomic mass is 10.1. The summed E-state index contributed by atoms with van der Waals surface area (Å²) in [5.41, 5.74) is 5.90. The van der Waals surface area contributed by atoms with Gasteiger partial charge in [-0.05, 0) is 31.4 Å². The molecule has 0 aliphatic heterocycles. The van der Waals surface area contributed by atoms with Crippen LogP contribution in [0, 0.1) is 0 Å². The predicted molar refractivity (Wildman–Crippen MR) is 65.2 cm³/mol. The van der Waals surface area contributed by atoms with Crippen molar-refractivity contribution < 1.29 is 9.21 Å². The van der Waals surface area contributed by atoms with Gasteiger partial charge in [0.1, 0.15) is 5.76 Å². The zero-order valence-electron chi connectivity index (χ0n) is 10.3. The van der Waals surface area contributed by atoms with Crippen LogP contribution in [0.1, 0.15) is 38.4 Å². The molecule has 4 nitrogen and oxygen atoms in total. The van der Waals surface area contributed by atoms with Gasteiger partial charge in [-0.3, -0.25) is 4.79 Å². The Morgan fingerprint density at radius 1 is 1.65 bits per heavy atom. The predicted octanol–water partition coefficient (Wildman–Crippen LogP) is 1.90. The van der Waals surface area contributed by atoms with Crippen molar-refractivity contribution in [2.45, 2.75) is 51.2 Å². The molecule has 4 heteroatoms. The lowest BCUT2D eigenvalue weighted by Gasteiger charge is -2.24. The minimum absolute atomic E-state index is 0.0609. The van der Waals surface area contributed by atoms with Gasteiger partial charge in [-0.2, -0.15) is 0 Å². The first-order chi connectivity index (χ1) is 8.22. The van der Waals surface area contributed by atoms with Crippen LogP contribution in [0.3, 0.4) is 0 Å². The first kappa shape index (κ1) is 12.2. The molecule has 0 aromatic carbocycles. The Labute approximate surface area is 102 Å². The monoisotopic (exact) mass is 236 g/mol. The van der Waals surface area contributed by atoms with E-state index in [0.717, 1.165) is 31.4 Å². The second-order valence-electron chi connectivity index (χ2n) is 4.67. The molecular formula is C13H20N2O2. The van der Waals surface area contributed by atoms with Gasteiger partial charge < -0.3 is 15.1 Å². The highest BCUT2D eigenvalue weighted by molar-refractivity contribution is 5.82. The van der Waals surface area contributed by atoms with E-state index in [0.29, 0.717) is 12.6 Å². The number of carbonyl (C=O) groups is 1. The maximum Gasteiger partial charge on any atom is 0.240 e. The smallest absolute Gasteiger partial charge is 0.240 e. The minimum Gasteiger partial charge on any atom is -0.467 e. The van der Waals surface area contributed by atoms with Crippen LogP contribution in [-0.2, 0) is 11.3 Å². The Bertz CT molecular complexity index is 358. The van der Waals surface area contributed by atoms with Crippen molar-refractivity contribution in [3.63, 3.8) is 0 Å². The lowest BCUT2D eigenvalue weighted by molar-refractivity contribution is -0.134. The van der Waals surface area contributed by atoms with Gasteiger partial charge in [0.2, 0.25) is 5.91 Å². The third-order valence-electron chi connectivity index (χ3n) is 3.09. The largest absolute Gasteiger partial charge is 0.467 e. The normalized spacial score (nSPS) is 16.8. The Morgan fingerprint density at radius 3 is 2.94 bits per heavy atom. The molecule has 1 aromatic heterocycles. The lowest BCUT2D eigenvalue weighted by Crippen LogP contribution is -2.44. The standard InChI is InChI=1S/C13H20N2O2/c1-2-4-12(14)13(16)15(10-6-7-10)9-11-5-3-8-17-11/h3,5,8,10,12H,2,4,6-7,9,14H2,1H3/t12-/m1/s1. The van der Waals surface area contributed by atoms with Gasteiger partial charge in [0.05, 0.1) is 18.8 Å². The van der Waals surface area contributed by atoms with Crippen molar-refractivity contribution in [1.82, 2.24) is 4.90 Å². The molecule has 1 aromatic rings. The highest BCUT2D eigenvalue weighted by atomic mass is 16.3. The maximum atomic E-state index is 12.2. The molecule has 1 aliphatic rings. The van der Waals surface area contributed by atoms with Gasteiger partial charge in [0, 0.05) is 6.04 Å². The second-order valence-corrected chi connectivity index (χ2v) is 4.67. The molecule has 1 atom stereocenters. The summed E-state index contributed by atoms with van der Waals surface area (Å²) in [7, 11) is 0. The first-order valence-electron chi connectivity index (χ1n) is 6.30. The quantitative estimate of drug-likeness (QED) is 0.820. The molecule has 1 fully saturated rings. The van der Waals surface area contributed by atoms with E-state index >= 15 is 0 Å². The molecule has 1 aliphatic carbocycles. The maximum absolute atomic E-state index is 12.2. The minimum atomic E-state index is -0.365. The van der Waals surface area contributed by atoms with E-state index in [1.807, 2.05) is 24.0 Å². The van der Waals surface area contributed by atoms with Crippen LogP contribution in [0.5, 0.6) is 0 Å². The van der Waals surface area contributed by atoms with Crippen LogP contribution < -0.4 is 5.73 Å². The molecule has 1 saturated carbocycles. The molecule has 2 rings (SSSR count). The summed E-state index contributed by atoms with van der Waals surface area (Å²) >= 11 is 0. The average Bonchev–Trinajstić information content (AvgIpc) is 3.03. The van der Waals surface area contributed by atoms with Gasteiger partial charge in [0.25, 0.3) is 0 Å². The molecule has 17 heavy (non-hydrogen) atoms. The summed E-state index contributed by atoms with van der Waals surface area (Å²) in [6, 6.07) is 3.75. The summed E-state index contributed by atoms with van der Waals surface area (Å²) in [6.45, 7) is 2.59. The van der Waals surface area contributed by atoms with Crippen molar-refractivity contribution in [3.05, 3.63) is 24.2 Å². The number of amides is 1. The van der Waals surface area contributed by atoms with E-state index in [1.54, 1.807) is 6.26 Å². The summed E-state index contributed by atoms with van der Waals surface area (Å²) in [4.78, 5) is 14.1. The molecule has 1 amide bonds. The van der Waals surface area contributed by atoms with Crippen molar-refractivity contribution in [2.75, 3.05) is 0 Å². The SMILES string of the molecule is CCC[C@@H](N)C(=O)N(Cc1ccco1)C1CC1.